The maximum atomic E-state index is 11.9. The fraction of sp³-hybridized carbons (Fsp3) is 0.462. The van der Waals surface area contributed by atoms with E-state index in [-0.39, 0.29) is 24.0 Å². The topological polar surface area (TPSA) is 92.5 Å². The van der Waals surface area contributed by atoms with Crippen molar-refractivity contribution in [1.29, 1.82) is 0 Å². The van der Waals surface area contributed by atoms with Crippen molar-refractivity contribution in [2.45, 2.75) is 6.92 Å². The summed E-state index contributed by atoms with van der Waals surface area (Å²) in [4.78, 5) is 13.8. The molecule has 1 aromatic rings. The number of hydrogen-bond acceptors (Lipinski definition) is 5. The van der Waals surface area contributed by atoms with Gasteiger partial charge in [0, 0.05) is 24.5 Å². The van der Waals surface area contributed by atoms with Crippen molar-refractivity contribution in [3.05, 3.63) is 23.8 Å². The molecule has 7 heteroatoms. The van der Waals surface area contributed by atoms with Crippen LogP contribution < -0.4 is 11.1 Å². The Bertz CT molecular complexity index is 599. The molecule has 0 bridgehead atoms. The predicted molar refractivity (Wildman–Crippen MR) is 79.3 cm³/mol. The van der Waals surface area contributed by atoms with Gasteiger partial charge in [-0.2, -0.15) is 0 Å². The molecule has 0 atom stereocenters. The number of sulfone groups is 1. The third kappa shape index (κ3) is 3.94. The summed E-state index contributed by atoms with van der Waals surface area (Å²) in [6, 6.07) is 5.29. The van der Waals surface area contributed by atoms with Crippen LogP contribution in [0.25, 0.3) is 0 Å². The van der Waals surface area contributed by atoms with Crippen molar-refractivity contribution in [3.63, 3.8) is 0 Å². The van der Waals surface area contributed by atoms with Gasteiger partial charge in [0.05, 0.1) is 18.1 Å². The molecule has 1 amide bonds. The Morgan fingerprint density at radius 1 is 1.35 bits per heavy atom. The lowest BCUT2D eigenvalue weighted by molar-refractivity contribution is -0.117. The maximum absolute atomic E-state index is 11.9. The minimum Gasteiger partial charge on any atom is -0.399 e. The molecule has 2 rings (SSSR count). The number of nitrogens with one attached hydrogen (secondary N) is 1. The molecule has 1 fully saturated rings. The van der Waals surface area contributed by atoms with E-state index in [1.54, 1.807) is 18.2 Å². The number of benzene rings is 1. The fourth-order valence-corrected chi connectivity index (χ4v) is 3.41. The zero-order valence-corrected chi connectivity index (χ0v) is 12.2. The van der Waals surface area contributed by atoms with Crippen LogP contribution in [0.5, 0.6) is 0 Å². The van der Waals surface area contributed by atoms with Crippen LogP contribution in [0.4, 0.5) is 11.4 Å². The second-order valence-corrected chi connectivity index (χ2v) is 7.35. The second kappa shape index (κ2) is 5.80. The van der Waals surface area contributed by atoms with Crippen LogP contribution in [0.1, 0.15) is 5.56 Å². The maximum Gasteiger partial charge on any atom is 0.238 e. The number of rotatable bonds is 3. The number of nitrogens with zero attached hydrogens (tertiary/aromatic N) is 1. The number of amides is 1. The van der Waals surface area contributed by atoms with Gasteiger partial charge in [0.2, 0.25) is 5.91 Å². The van der Waals surface area contributed by atoms with Crippen LogP contribution >= 0.6 is 0 Å². The Morgan fingerprint density at radius 3 is 2.60 bits per heavy atom. The van der Waals surface area contributed by atoms with Gasteiger partial charge >= 0.3 is 0 Å². The van der Waals surface area contributed by atoms with E-state index >= 15 is 0 Å². The lowest BCUT2D eigenvalue weighted by Gasteiger charge is -2.25. The van der Waals surface area contributed by atoms with Crippen molar-refractivity contribution >= 4 is 27.1 Å². The van der Waals surface area contributed by atoms with Gasteiger partial charge in [-0.1, -0.05) is 0 Å². The molecule has 3 N–H and O–H groups in total. The lowest BCUT2D eigenvalue weighted by atomic mass is 10.2. The van der Waals surface area contributed by atoms with E-state index in [9.17, 15) is 13.2 Å². The summed E-state index contributed by atoms with van der Waals surface area (Å²) in [6.45, 7) is 2.91. The summed E-state index contributed by atoms with van der Waals surface area (Å²) >= 11 is 0. The van der Waals surface area contributed by atoms with Crippen LogP contribution in [-0.4, -0.2) is 50.4 Å². The molecule has 0 radical (unpaired) electrons. The first-order valence-electron chi connectivity index (χ1n) is 6.44. The van der Waals surface area contributed by atoms with Crippen LogP contribution in [-0.2, 0) is 14.6 Å². The Labute approximate surface area is 118 Å². The van der Waals surface area contributed by atoms with Crippen LogP contribution in [0.3, 0.4) is 0 Å². The quantitative estimate of drug-likeness (QED) is 0.780. The third-order valence-corrected chi connectivity index (χ3v) is 4.94. The first-order valence-corrected chi connectivity index (χ1v) is 8.27. The number of carbonyl (C=O) groups excluding carboxylic acids is 1. The number of carbonyl (C=O) groups is 1. The van der Waals surface area contributed by atoms with Crippen molar-refractivity contribution in [1.82, 2.24) is 4.90 Å². The molecule has 6 nitrogen and oxygen atoms in total. The predicted octanol–water partition coefficient (Wildman–Crippen LogP) is 0.246. The van der Waals surface area contributed by atoms with Crippen molar-refractivity contribution in [2.75, 3.05) is 42.2 Å². The summed E-state index contributed by atoms with van der Waals surface area (Å²) in [6.07, 6.45) is 0. The molecule has 1 aromatic carbocycles. The minimum absolute atomic E-state index is 0.126. The minimum atomic E-state index is -2.91. The summed E-state index contributed by atoms with van der Waals surface area (Å²) in [5.74, 6) is 0.111. The highest BCUT2D eigenvalue weighted by Crippen LogP contribution is 2.17. The van der Waals surface area contributed by atoms with Gasteiger partial charge in [-0.15, -0.1) is 0 Å². The number of aryl methyl sites for hydroxylation is 1. The van der Waals surface area contributed by atoms with Crippen LogP contribution in [0.15, 0.2) is 18.2 Å². The summed E-state index contributed by atoms with van der Waals surface area (Å²) in [7, 11) is -2.91. The monoisotopic (exact) mass is 297 g/mol. The Balaban J connectivity index is 1.90. The smallest absolute Gasteiger partial charge is 0.238 e. The number of anilines is 2. The highest BCUT2D eigenvalue weighted by Gasteiger charge is 2.22. The van der Waals surface area contributed by atoms with Gasteiger partial charge in [0.1, 0.15) is 0 Å². The van der Waals surface area contributed by atoms with Gasteiger partial charge in [0.15, 0.2) is 9.84 Å². The Kier molecular flexibility index (Phi) is 4.29. The molecule has 1 aliphatic heterocycles. The standard InChI is InChI=1S/C13H19N3O3S/c1-10-8-11(14)2-3-12(10)15-13(17)9-16-4-6-20(18,19)7-5-16/h2-3,8H,4-7,9,14H2,1H3,(H,15,17). The Hall–Kier alpha value is -1.60. The number of hydrogen-bond donors (Lipinski definition) is 2. The van der Waals surface area contributed by atoms with Gasteiger partial charge in [0.25, 0.3) is 0 Å². The SMILES string of the molecule is Cc1cc(N)ccc1NC(=O)CN1CCS(=O)(=O)CC1. The molecule has 0 unspecified atom stereocenters. The molecule has 20 heavy (non-hydrogen) atoms. The first kappa shape index (κ1) is 14.8. The highest BCUT2D eigenvalue weighted by atomic mass is 32.2. The van der Waals surface area contributed by atoms with Gasteiger partial charge in [-0.05, 0) is 30.7 Å². The summed E-state index contributed by atoms with van der Waals surface area (Å²) in [5, 5.41) is 2.82. The van der Waals surface area contributed by atoms with Crippen molar-refractivity contribution in [3.8, 4) is 0 Å². The summed E-state index contributed by atoms with van der Waals surface area (Å²) in [5.41, 5.74) is 7.94. The van der Waals surface area contributed by atoms with Gasteiger partial charge in [-0.3, -0.25) is 9.69 Å². The van der Waals surface area contributed by atoms with Crippen molar-refractivity contribution < 1.29 is 13.2 Å². The molecule has 1 heterocycles. The molecule has 1 saturated heterocycles. The molecule has 0 aliphatic carbocycles. The molecule has 0 saturated carbocycles. The van der Waals surface area contributed by atoms with Crippen LogP contribution in [0.2, 0.25) is 0 Å². The zero-order chi connectivity index (χ0) is 14.8. The van der Waals surface area contributed by atoms with E-state index in [4.69, 9.17) is 5.73 Å². The van der Waals surface area contributed by atoms with E-state index in [1.807, 2.05) is 11.8 Å². The number of nitrogens with two attached hydrogens (primary N) is 1. The third-order valence-electron chi connectivity index (χ3n) is 3.33. The van der Waals surface area contributed by atoms with E-state index in [1.165, 1.54) is 0 Å². The van der Waals surface area contributed by atoms with Crippen molar-refractivity contribution in [2.24, 2.45) is 0 Å². The van der Waals surface area contributed by atoms with Crippen LogP contribution in [0, 0.1) is 6.92 Å². The molecule has 110 valence electrons. The van der Waals surface area contributed by atoms with E-state index in [0.717, 1.165) is 11.3 Å². The molecular formula is C13H19N3O3S. The average Bonchev–Trinajstić information content (AvgIpc) is 2.35. The van der Waals surface area contributed by atoms with E-state index in [2.05, 4.69) is 5.32 Å². The molecule has 0 aromatic heterocycles. The lowest BCUT2D eigenvalue weighted by Crippen LogP contribution is -2.43. The first-order chi connectivity index (χ1) is 9.35. The molecular weight excluding hydrogens is 278 g/mol. The van der Waals surface area contributed by atoms with E-state index in [0.29, 0.717) is 18.8 Å². The number of nitrogen functional groups attached to an aromatic ring is 1. The second-order valence-electron chi connectivity index (χ2n) is 5.05. The normalized spacial score (nSPS) is 18.6. The van der Waals surface area contributed by atoms with Gasteiger partial charge in [-0.25, -0.2) is 8.42 Å². The zero-order valence-electron chi connectivity index (χ0n) is 11.4. The largest absolute Gasteiger partial charge is 0.399 e. The van der Waals surface area contributed by atoms with E-state index < -0.39 is 9.84 Å². The molecule has 0 spiro atoms. The molecule has 1 aliphatic rings. The highest BCUT2D eigenvalue weighted by molar-refractivity contribution is 7.91. The Morgan fingerprint density at radius 2 is 2.00 bits per heavy atom. The average molecular weight is 297 g/mol. The van der Waals surface area contributed by atoms with Gasteiger partial charge < -0.3 is 11.1 Å². The fourth-order valence-electron chi connectivity index (χ4n) is 2.13. The summed E-state index contributed by atoms with van der Waals surface area (Å²) < 4.78 is 22.6.